The first-order valence-electron chi connectivity index (χ1n) is 6.53. The average Bonchev–Trinajstić information content (AvgIpc) is 2.67. The first-order valence-corrected chi connectivity index (χ1v) is 6.53. The van der Waals surface area contributed by atoms with E-state index in [0.29, 0.717) is 12.5 Å². The van der Waals surface area contributed by atoms with Crippen LogP contribution in [0.1, 0.15) is 45.0 Å². The van der Waals surface area contributed by atoms with E-state index in [4.69, 9.17) is 10.7 Å². The first kappa shape index (κ1) is 13.1. The van der Waals surface area contributed by atoms with Gasteiger partial charge in [0.05, 0.1) is 11.0 Å². The summed E-state index contributed by atoms with van der Waals surface area (Å²) in [6.07, 6.45) is 0. The zero-order valence-electron chi connectivity index (χ0n) is 12.0. The van der Waals surface area contributed by atoms with Gasteiger partial charge < -0.3 is 10.3 Å². The fourth-order valence-corrected chi connectivity index (χ4v) is 2.26. The third kappa shape index (κ3) is 2.03. The molecular formula is C15H23N3. The quantitative estimate of drug-likeness (QED) is 0.903. The van der Waals surface area contributed by atoms with Crippen LogP contribution >= 0.6 is 0 Å². The smallest absolute Gasteiger partial charge is 0.116 e. The van der Waals surface area contributed by atoms with Crippen molar-refractivity contribution in [3.63, 3.8) is 0 Å². The van der Waals surface area contributed by atoms with Gasteiger partial charge in [-0.15, -0.1) is 0 Å². The van der Waals surface area contributed by atoms with Crippen LogP contribution in [0.5, 0.6) is 0 Å². The van der Waals surface area contributed by atoms with Crippen molar-refractivity contribution in [3.05, 3.63) is 29.6 Å². The molecule has 18 heavy (non-hydrogen) atoms. The number of aryl methyl sites for hydroxylation is 1. The Morgan fingerprint density at radius 1 is 1.33 bits per heavy atom. The van der Waals surface area contributed by atoms with Gasteiger partial charge in [-0.05, 0) is 23.6 Å². The summed E-state index contributed by atoms with van der Waals surface area (Å²) in [6, 6.07) is 6.52. The maximum absolute atomic E-state index is 5.85. The molecule has 0 aliphatic heterocycles. The molecule has 0 amide bonds. The van der Waals surface area contributed by atoms with Gasteiger partial charge in [0.15, 0.2) is 0 Å². The lowest BCUT2D eigenvalue weighted by molar-refractivity contribution is 0.487. The molecule has 1 heterocycles. The molecule has 0 saturated carbocycles. The third-order valence-corrected chi connectivity index (χ3v) is 3.69. The topological polar surface area (TPSA) is 43.8 Å². The number of nitrogens with zero attached hydrogens (tertiary/aromatic N) is 2. The van der Waals surface area contributed by atoms with Crippen LogP contribution in [0.15, 0.2) is 18.2 Å². The summed E-state index contributed by atoms with van der Waals surface area (Å²) >= 11 is 0. The predicted molar refractivity (Wildman–Crippen MR) is 76.9 cm³/mol. The van der Waals surface area contributed by atoms with Gasteiger partial charge in [-0.25, -0.2) is 4.98 Å². The molecule has 0 radical (unpaired) electrons. The molecule has 1 aromatic carbocycles. The van der Waals surface area contributed by atoms with E-state index >= 15 is 0 Å². The molecule has 0 aliphatic rings. The lowest BCUT2D eigenvalue weighted by Gasteiger charge is -2.21. The van der Waals surface area contributed by atoms with E-state index in [-0.39, 0.29) is 5.41 Å². The lowest BCUT2D eigenvalue weighted by atomic mass is 9.93. The van der Waals surface area contributed by atoms with Gasteiger partial charge in [0.25, 0.3) is 0 Å². The summed E-state index contributed by atoms with van der Waals surface area (Å²) in [6.45, 7) is 9.29. The third-order valence-electron chi connectivity index (χ3n) is 3.69. The maximum Gasteiger partial charge on any atom is 0.116 e. The van der Waals surface area contributed by atoms with Crippen LogP contribution in [0.4, 0.5) is 0 Å². The van der Waals surface area contributed by atoms with E-state index in [0.717, 1.165) is 11.3 Å². The summed E-state index contributed by atoms with van der Waals surface area (Å²) in [7, 11) is 2.08. The molecule has 3 nitrogen and oxygen atoms in total. The van der Waals surface area contributed by atoms with Crippen LogP contribution in [0.2, 0.25) is 0 Å². The van der Waals surface area contributed by atoms with Crippen LogP contribution < -0.4 is 5.73 Å². The Labute approximate surface area is 109 Å². The van der Waals surface area contributed by atoms with Gasteiger partial charge in [-0.2, -0.15) is 0 Å². The molecule has 0 spiro atoms. The van der Waals surface area contributed by atoms with Crippen molar-refractivity contribution in [1.29, 1.82) is 0 Å². The largest absolute Gasteiger partial charge is 0.331 e. The Morgan fingerprint density at radius 2 is 2.00 bits per heavy atom. The maximum atomic E-state index is 5.85. The molecule has 0 fully saturated rings. The van der Waals surface area contributed by atoms with Crippen molar-refractivity contribution in [2.75, 3.05) is 6.54 Å². The van der Waals surface area contributed by atoms with Crippen molar-refractivity contribution >= 4 is 11.0 Å². The van der Waals surface area contributed by atoms with Crippen LogP contribution in [-0.2, 0) is 12.5 Å². The molecule has 0 aliphatic carbocycles. The summed E-state index contributed by atoms with van der Waals surface area (Å²) in [5.41, 5.74) is 9.36. The molecule has 98 valence electrons. The minimum Gasteiger partial charge on any atom is -0.331 e. The summed E-state index contributed by atoms with van der Waals surface area (Å²) in [5.74, 6) is 1.59. The number of hydrogen-bond donors (Lipinski definition) is 1. The molecule has 2 aromatic rings. The van der Waals surface area contributed by atoms with Crippen molar-refractivity contribution in [1.82, 2.24) is 9.55 Å². The Bertz CT molecular complexity index is 564. The number of fused-ring (bicyclic) bond motifs is 1. The second-order valence-corrected chi connectivity index (χ2v) is 5.99. The van der Waals surface area contributed by atoms with Crippen LogP contribution in [0, 0.1) is 0 Å². The Balaban J connectivity index is 2.64. The molecule has 1 aromatic heterocycles. The highest BCUT2D eigenvalue weighted by molar-refractivity contribution is 5.77. The average molecular weight is 245 g/mol. The molecule has 0 bridgehead atoms. The molecule has 2 N–H and O–H groups in total. The lowest BCUT2D eigenvalue weighted by Crippen LogP contribution is -2.31. The second kappa shape index (κ2) is 4.39. The van der Waals surface area contributed by atoms with Gasteiger partial charge in [-0.3, -0.25) is 0 Å². The Hall–Kier alpha value is -1.35. The van der Waals surface area contributed by atoms with Gasteiger partial charge in [0.1, 0.15) is 5.82 Å². The number of benzene rings is 1. The molecule has 0 atom stereocenters. The van der Waals surface area contributed by atoms with Crippen molar-refractivity contribution in [3.8, 4) is 0 Å². The minimum absolute atomic E-state index is 0.0915. The van der Waals surface area contributed by atoms with Crippen LogP contribution in [0.25, 0.3) is 11.0 Å². The molecular weight excluding hydrogens is 222 g/mol. The minimum atomic E-state index is -0.0915. The van der Waals surface area contributed by atoms with E-state index in [2.05, 4.69) is 57.5 Å². The fourth-order valence-electron chi connectivity index (χ4n) is 2.26. The van der Waals surface area contributed by atoms with E-state index in [1.807, 2.05) is 0 Å². The zero-order valence-corrected chi connectivity index (χ0v) is 12.0. The normalized spacial score (nSPS) is 12.6. The molecule has 2 rings (SSSR count). The summed E-state index contributed by atoms with van der Waals surface area (Å²) in [4.78, 5) is 4.74. The van der Waals surface area contributed by atoms with E-state index in [9.17, 15) is 0 Å². The van der Waals surface area contributed by atoms with E-state index < -0.39 is 0 Å². The van der Waals surface area contributed by atoms with Gasteiger partial charge in [0.2, 0.25) is 0 Å². The highest BCUT2D eigenvalue weighted by Gasteiger charge is 2.25. The second-order valence-electron chi connectivity index (χ2n) is 5.99. The number of aromatic nitrogens is 2. The first-order chi connectivity index (χ1) is 8.36. The van der Waals surface area contributed by atoms with Crippen molar-refractivity contribution < 1.29 is 0 Å². The highest BCUT2D eigenvalue weighted by atomic mass is 15.1. The van der Waals surface area contributed by atoms with Crippen molar-refractivity contribution in [2.24, 2.45) is 12.8 Å². The SMILES string of the molecule is CC(C)c1ccc2nc(C(C)(C)CN)n(C)c2c1. The Kier molecular flexibility index (Phi) is 3.20. The standard InChI is InChI=1S/C15H23N3/c1-10(2)11-6-7-12-13(8-11)18(5)14(17-12)15(3,4)9-16/h6-8,10H,9,16H2,1-5H3. The van der Waals surface area contributed by atoms with Crippen LogP contribution in [0.3, 0.4) is 0 Å². The van der Waals surface area contributed by atoms with Crippen LogP contribution in [-0.4, -0.2) is 16.1 Å². The van der Waals surface area contributed by atoms with Gasteiger partial charge in [-0.1, -0.05) is 33.8 Å². The fraction of sp³-hybridized carbons (Fsp3) is 0.533. The molecule has 3 heteroatoms. The van der Waals surface area contributed by atoms with Crippen molar-refractivity contribution in [2.45, 2.75) is 39.0 Å². The highest BCUT2D eigenvalue weighted by Crippen LogP contribution is 2.27. The summed E-state index contributed by atoms with van der Waals surface area (Å²) < 4.78 is 2.17. The monoisotopic (exact) mass is 245 g/mol. The number of nitrogens with two attached hydrogens (primary N) is 1. The number of rotatable bonds is 3. The Morgan fingerprint density at radius 3 is 2.56 bits per heavy atom. The van der Waals surface area contributed by atoms with Gasteiger partial charge >= 0.3 is 0 Å². The van der Waals surface area contributed by atoms with E-state index in [1.165, 1.54) is 11.1 Å². The number of imidazole rings is 1. The van der Waals surface area contributed by atoms with Gasteiger partial charge in [0, 0.05) is 19.0 Å². The summed E-state index contributed by atoms with van der Waals surface area (Å²) in [5, 5.41) is 0. The van der Waals surface area contributed by atoms with E-state index in [1.54, 1.807) is 0 Å². The molecule has 0 unspecified atom stereocenters. The predicted octanol–water partition coefficient (Wildman–Crippen LogP) is 2.93. The number of hydrogen-bond acceptors (Lipinski definition) is 2. The molecule has 0 saturated heterocycles. The zero-order chi connectivity index (χ0) is 13.5.